The summed E-state index contributed by atoms with van der Waals surface area (Å²) in [5.74, 6) is 0.661. The van der Waals surface area contributed by atoms with Crippen LogP contribution in [0.25, 0.3) is 0 Å². The van der Waals surface area contributed by atoms with Gasteiger partial charge in [0.2, 0.25) is 10.0 Å². The Morgan fingerprint density at radius 1 is 1.15 bits per heavy atom. The Hall–Kier alpha value is -1.15. The van der Waals surface area contributed by atoms with Crippen LogP contribution in [0.3, 0.4) is 0 Å². The molecule has 2 aliphatic heterocycles. The Morgan fingerprint density at radius 2 is 1.74 bits per heavy atom. The molecule has 152 valence electrons. The van der Waals surface area contributed by atoms with Gasteiger partial charge in [0.25, 0.3) is 5.91 Å². The molecule has 2 aliphatic rings. The van der Waals surface area contributed by atoms with E-state index in [4.69, 9.17) is 0 Å². The maximum atomic E-state index is 12.9. The number of nitrogens with zero attached hydrogens (tertiary/aromatic N) is 2. The Labute approximate surface area is 168 Å². The molecule has 2 heterocycles. The predicted molar refractivity (Wildman–Crippen MR) is 109 cm³/mol. The quantitative estimate of drug-likeness (QED) is 0.818. The molecule has 6 nitrogen and oxygen atoms in total. The third-order valence-corrected chi connectivity index (χ3v) is 7.32. The third-order valence-electron chi connectivity index (χ3n) is 5.48. The minimum atomic E-state index is -3.51. The van der Waals surface area contributed by atoms with E-state index < -0.39 is 10.0 Å². The highest BCUT2D eigenvalue weighted by Gasteiger charge is 2.32. The van der Waals surface area contributed by atoms with Crippen LogP contribution in [0.5, 0.6) is 0 Å². The van der Waals surface area contributed by atoms with Crippen LogP contribution in [-0.2, 0) is 10.0 Å². The maximum absolute atomic E-state index is 12.9. The van der Waals surface area contributed by atoms with Crippen LogP contribution >= 0.6 is 12.4 Å². The van der Waals surface area contributed by atoms with Crippen molar-refractivity contribution in [2.45, 2.75) is 37.6 Å². The fourth-order valence-corrected chi connectivity index (χ4v) is 5.74. The number of carbonyl (C=O) groups is 1. The number of nitrogens with one attached hydrogen (secondary N) is 1. The van der Waals surface area contributed by atoms with Crippen LogP contribution in [0.1, 0.15) is 37.0 Å². The van der Waals surface area contributed by atoms with Gasteiger partial charge in [-0.25, -0.2) is 8.42 Å². The van der Waals surface area contributed by atoms with Gasteiger partial charge in [-0.15, -0.1) is 12.4 Å². The fraction of sp³-hybridized carbons (Fsp3) is 0.632. The Balaban J connectivity index is 0.00000261. The van der Waals surface area contributed by atoms with Gasteiger partial charge in [-0.05, 0) is 55.5 Å². The van der Waals surface area contributed by atoms with Crippen molar-refractivity contribution in [1.29, 1.82) is 0 Å². The van der Waals surface area contributed by atoms with Crippen molar-refractivity contribution < 1.29 is 13.2 Å². The lowest BCUT2D eigenvalue weighted by Gasteiger charge is -2.34. The number of benzene rings is 1. The van der Waals surface area contributed by atoms with E-state index in [9.17, 15) is 13.2 Å². The number of hydrogen-bond acceptors (Lipinski definition) is 4. The Morgan fingerprint density at radius 3 is 2.26 bits per heavy atom. The van der Waals surface area contributed by atoms with Crippen molar-refractivity contribution in [2.75, 3.05) is 33.2 Å². The van der Waals surface area contributed by atoms with E-state index >= 15 is 0 Å². The van der Waals surface area contributed by atoms with Crippen molar-refractivity contribution >= 4 is 28.3 Å². The summed E-state index contributed by atoms with van der Waals surface area (Å²) in [4.78, 5) is 14.6. The molecule has 2 saturated heterocycles. The summed E-state index contributed by atoms with van der Waals surface area (Å²) < 4.78 is 27.4. The van der Waals surface area contributed by atoms with E-state index in [1.54, 1.807) is 40.5 Å². The standard InChI is InChI=1S/C19H29N3O3S.ClH/c1-14-10-15(2)13-22(12-14)26(24,25)18-6-4-16(5-7-18)19(23)21(3)17-8-9-20-11-17;/h4-7,14-15,17,20H,8-13H2,1-3H3;1H. The molecule has 3 atom stereocenters. The number of carbonyl (C=O) groups excluding carboxylic acids is 1. The van der Waals surface area contributed by atoms with E-state index in [0.717, 1.165) is 25.9 Å². The molecule has 1 amide bonds. The summed E-state index contributed by atoms with van der Waals surface area (Å²) in [6.45, 7) is 7.03. The van der Waals surface area contributed by atoms with Gasteiger partial charge >= 0.3 is 0 Å². The second-order valence-corrected chi connectivity index (χ2v) is 9.79. The van der Waals surface area contributed by atoms with Gasteiger partial charge in [0, 0.05) is 38.3 Å². The lowest BCUT2D eigenvalue weighted by atomic mass is 9.94. The summed E-state index contributed by atoms with van der Waals surface area (Å²) in [7, 11) is -1.70. The molecular formula is C19H30ClN3O3S. The van der Waals surface area contributed by atoms with E-state index in [0.29, 0.717) is 30.5 Å². The van der Waals surface area contributed by atoms with Gasteiger partial charge in [-0.1, -0.05) is 13.8 Å². The molecule has 2 fully saturated rings. The molecule has 1 aromatic rings. The predicted octanol–water partition coefficient (Wildman–Crippen LogP) is 2.21. The van der Waals surface area contributed by atoms with Crippen molar-refractivity contribution in [3.8, 4) is 0 Å². The number of piperidine rings is 1. The number of amides is 1. The molecule has 0 bridgehead atoms. The first-order valence-electron chi connectivity index (χ1n) is 9.37. The van der Waals surface area contributed by atoms with E-state index in [1.807, 2.05) is 0 Å². The van der Waals surface area contributed by atoms with Crippen LogP contribution in [0.2, 0.25) is 0 Å². The monoisotopic (exact) mass is 415 g/mol. The largest absolute Gasteiger partial charge is 0.337 e. The van der Waals surface area contributed by atoms with Crippen molar-refractivity contribution in [3.05, 3.63) is 29.8 Å². The lowest BCUT2D eigenvalue weighted by molar-refractivity contribution is 0.0743. The zero-order chi connectivity index (χ0) is 18.9. The summed E-state index contributed by atoms with van der Waals surface area (Å²) in [5.41, 5.74) is 0.527. The molecule has 1 aromatic carbocycles. The first-order chi connectivity index (χ1) is 12.3. The molecule has 3 unspecified atom stereocenters. The molecule has 27 heavy (non-hydrogen) atoms. The first-order valence-corrected chi connectivity index (χ1v) is 10.8. The molecule has 3 rings (SSSR count). The first kappa shape index (κ1) is 22.1. The van der Waals surface area contributed by atoms with Crippen molar-refractivity contribution in [1.82, 2.24) is 14.5 Å². The van der Waals surface area contributed by atoms with Gasteiger partial charge in [0.1, 0.15) is 0 Å². The third kappa shape index (κ3) is 4.83. The zero-order valence-corrected chi connectivity index (χ0v) is 17.9. The highest BCUT2D eigenvalue weighted by atomic mass is 35.5. The van der Waals surface area contributed by atoms with Gasteiger partial charge in [-0.2, -0.15) is 4.31 Å². The number of halogens is 1. The molecule has 0 aromatic heterocycles. The van der Waals surface area contributed by atoms with E-state index in [2.05, 4.69) is 19.2 Å². The number of sulfonamides is 1. The van der Waals surface area contributed by atoms with Gasteiger partial charge in [0.05, 0.1) is 4.90 Å². The molecule has 0 saturated carbocycles. The number of rotatable bonds is 4. The minimum Gasteiger partial charge on any atom is -0.337 e. The Bertz CT molecular complexity index is 738. The topological polar surface area (TPSA) is 69.7 Å². The van der Waals surface area contributed by atoms with Crippen LogP contribution in [0, 0.1) is 11.8 Å². The Kier molecular flexibility index (Phi) is 7.30. The minimum absolute atomic E-state index is 0. The lowest BCUT2D eigenvalue weighted by Crippen LogP contribution is -2.42. The smallest absolute Gasteiger partial charge is 0.253 e. The highest BCUT2D eigenvalue weighted by molar-refractivity contribution is 7.89. The van der Waals surface area contributed by atoms with Crippen molar-refractivity contribution in [2.24, 2.45) is 11.8 Å². The number of likely N-dealkylation sites (N-methyl/N-ethyl adjacent to an activating group) is 1. The van der Waals surface area contributed by atoms with Crippen molar-refractivity contribution in [3.63, 3.8) is 0 Å². The highest BCUT2D eigenvalue weighted by Crippen LogP contribution is 2.27. The molecule has 8 heteroatoms. The van der Waals surface area contributed by atoms with Gasteiger partial charge in [-0.3, -0.25) is 4.79 Å². The summed E-state index contributed by atoms with van der Waals surface area (Å²) in [5, 5.41) is 3.25. The molecule has 0 spiro atoms. The average Bonchev–Trinajstić information content (AvgIpc) is 3.14. The normalized spacial score (nSPS) is 26.4. The SMILES string of the molecule is CC1CC(C)CN(S(=O)(=O)c2ccc(C(=O)N(C)C3CCNC3)cc2)C1.Cl. The molecule has 1 N–H and O–H groups in total. The number of hydrogen-bond donors (Lipinski definition) is 1. The maximum Gasteiger partial charge on any atom is 0.253 e. The summed E-state index contributed by atoms with van der Waals surface area (Å²) in [6, 6.07) is 6.58. The van der Waals surface area contributed by atoms with Crippen LogP contribution in [0.15, 0.2) is 29.2 Å². The summed E-state index contributed by atoms with van der Waals surface area (Å²) in [6.07, 6.45) is 2.00. The summed E-state index contributed by atoms with van der Waals surface area (Å²) >= 11 is 0. The second-order valence-electron chi connectivity index (χ2n) is 7.86. The molecule has 0 radical (unpaired) electrons. The van der Waals surface area contributed by atoms with Crippen LogP contribution < -0.4 is 5.32 Å². The van der Waals surface area contributed by atoms with Crippen LogP contribution in [0.4, 0.5) is 0 Å². The van der Waals surface area contributed by atoms with E-state index in [1.165, 1.54) is 0 Å². The van der Waals surface area contributed by atoms with E-state index in [-0.39, 0.29) is 29.3 Å². The van der Waals surface area contributed by atoms with Gasteiger partial charge < -0.3 is 10.2 Å². The zero-order valence-electron chi connectivity index (χ0n) is 16.2. The van der Waals surface area contributed by atoms with Gasteiger partial charge in [0.15, 0.2) is 0 Å². The molecular weight excluding hydrogens is 386 g/mol. The average molecular weight is 416 g/mol. The molecule has 0 aliphatic carbocycles. The fourth-order valence-electron chi connectivity index (χ4n) is 4.06. The second kappa shape index (κ2) is 8.90. The van der Waals surface area contributed by atoms with Crippen LogP contribution in [-0.4, -0.2) is 62.8 Å².